The standard InChI is InChI=1S/C15H17Cl2N2S/c1-5-13-18-14(9(2)3)15(19(13)4)20-12-7-10(16)6-11(17)8-12/h6-9H,1,5H2,2-4H3. The summed E-state index contributed by atoms with van der Waals surface area (Å²) in [5.74, 6) is 1.35. The lowest BCUT2D eigenvalue weighted by molar-refractivity contribution is 0.746. The van der Waals surface area contributed by atoms with Gasteiger partial charge in [0, 0.05) is 28.4 Å². The zero-order valence-corrected chi connectivity index (χ0v) is 14.1. The topological polar surface area (TPSA) is 17.8 Å². The van der Waals surface area contributed by atoms with E-state index in [-0.39, 0.29) is 0 Å². The van der Waals surface area contributed by atoms with E-state index in [2.05, 4.69) is 30.3 Å². The summed E-state index contributed by atoms with van der Waals surface area (Å²) >= 11 is 13.8. The summed E-state index contributed by atoms with van der Waals surface area (Å²) in [6, 6.07) is 5.57. The Hall–Kier alpha value is -0.640. The van der Waals surface area contributed by atoms with Gasteiger partial charge in [-0.1, -0.05) is 48.8 Å². The van der Waals surface area contributed by atoms with Gasteiger partial charge in [-0.25, -0.2) is 4.98 Å². The molecule has 107 valence electrons. The molecule has 2 rings (SSSR count). The summed E-state index contributed by atoms with van der Waals surface area (Å²) in [6.07, 6.45) is 0.674. The van der Waals surface area contributed by atoms with Crippen molar-refractivity contribution in [3.05, 3.63) is 46.7 Å². The molecule has 0 atom stereocenters. The van der Waals surface area contributed by atoms with E-state index in [1.807, 2.05) is 19.2 Å². The van der Waals surface area contributed by atoms with E-state index in [0.717, 1.165) is 21.4 Å². The number of aromatic nitrogens is 2. The highest BCUT2D eigenvalue weighted by Gasteiger charge is 2.17. The van der Waals surface area contributed by atoms with Gasteiger partial charge in [-0.15, -0.1) is 0 Å². The quantitative estimate of drug-likeness (QED) is 0.750. The molecule has 1 aromatic heterocycles. The fourth-order valence-electron chi connectivity index (χ4n) is 1.97. The highest BCUT2D eigenvalue weighted by Crippen LogP contribution is 2.36. The molecule has 0 spiro atoms. The normalized spacial score (nSPS) is 11.3. The van der Waals surface area contributed by atoms with Gasteiger partial charge in [0.15, 0.2) is 0 Å². The third-order valence-corrected chi connectivity index (χ3v) is 4.57. The van der Waals surface area contributed by atoms with Gasteiger partial charge in [-0.3, -0.25) is 0 Å². The molecule has 2 nitrogen and oxygen atoms in total. The Balaban J connectivity index is 2.44. The molecule has 5 heteroatoms. The van der Waals surface area contributed by atoms with Crippen LogP contribution in [0.1, 0.15) is 31.3 Å². The lowest BCUT2D eigenvalue weighted by Gasteiger charge is -2.09. The minimum atomic E-state index is 0.360. The van der Waals surface area contributed by atoms with Crippen molar-refractivity contribution in [2.75, 3.05) is 0 Å². The Bertz CT molecular complexity index is 600. The SMILES string of the molecule is [CH2]Cc1nc(C(C)C)c(Sc2cc(Cl)cc(Cl)c2)n1C. The Morgan fingerprint density at radius 2 is 1.85 bits per heavy atom. The van der Waals surface area contributed by atoms with Crippen molar-refractivity contribution < 1.29 is 0 Å². The third-order valence-electron chi connectivity index (χ3n) is 2.98. The molecule has 0 aliphatic heterocycles. The van der Waals surface area contributed by atoms with Crippen LogP contribution in [0.25, 0.3) is 0 Å². The maximum absolute atomic E-state index is 6.06. The molecule has 0 N–H and O–H groups in total. The number of imidazole rings is 1. The van der Waals surface area contributed by atoms with Crippen molar-refractivity contribution in [1.82, 2.24) is 9.55 Å². The monoisotopic (exact) mass is 327 g/mol. The molecule has 20 heavy (non-hydrogen) atoms. The van der Waals surface area contributed by atoms with E-state index in [4.69, 9.17) is 23.2 Å². The molecular weight excluding hydrogens is 311 g/mol. The Morgan fingerprint density at radius 1 is 1.25 bits per heavy atom. The van der Waals surface area contributed by atoms with Crippen LogP contribution < -0.4 is 0 Å². The number of halogens is 2. The number of nitrogens with zero attached hydrogens (tertiary/aromatic N) is 2. The Kier molecular flexibility index (Phi) is 5.05. The molecule has 0 saturated heterocycles. The van der Waals surface area contributed by atoms with E-state index < -0.39 is 0 Å². The molecule has 1 heterocycles. The second-order valence-corrected chi connectivity index (χ2v) is 6.82. The number of hydrogen-bond donors (Lipinski definition) is 0. The third kappa shape index (κ3) is 3.33. The maximum atomic E-state index is 6.06. The van der Waals surface area contributed by atoms with Crippen molar-refractivity contribution in [2.45, 2.75) is 36.1 Å². The van der Waals surface area contributed by atoms with Crippen molar-refractivity contribution in [3.63, 3.8) is 0 Å². The lowest BCUT2D eigenvalue weighted by Crippen LogP contribution is -1.97. The van der Waals surface area contributed by atoms with Crippen molar-refractivity contribution in [1.29, 1.82) is 0 Å². The Morgan fingerprint density at radius 3 is 2.35 bits per heavy atom. The second-order valence-electron chi connectivity index (χ2n) is 4.89. The first kappa shape index (κ1) is 15.7. The fourth-order valence-corrected chi connectivity index (χ4v) is 3.85. The molecule has 1 aromatic carbocycles. The van der Waals surface area contributed by atoms with E-state index in [9.17, 15) is 0 Å². The molecule has 0 amide bonds. The van der Waals surface area contributed by atoms with Gasteiger partial charge in [0.2, 0.25) is 0 Å². The molecule has 2 aromatic rings. The van der Waals surface area contributed by atoms with E-state index >= 15 is 0 Å². The lowest BCUT2D eigenvalue weighted by atomic mass is 10.1. The van der Waals surface area contributed by atoms with Crippen LogP contribution in [0.4, 0.5) is 0 Å². The first-order valence-electron chi connectivity index (χ1n) is 6.41. The molecule has 0 aliphatic rings. The predicted molar refractivity (Wildman–Crippen MR) is 86.9 cm³/mol. The van der Waals surface area contributed by atoms with Crippen LogP contribution in [0.3, 0.4) is 0 Å². The average molecular weight is 328 g/mol. The van der Waals surface area contributed by atoms with Crippen molar-refractivity contribution in [3.8, 4) is 0 Å². The van der Waals surface area contributed by atoms with Gasteiger partial charge in [0.25, 0.3) is 0 Å². The van der Waals surface area contributed by atoms with Gasteiger partial charge in [0.1, 0.15) is 10.9 Å². The van der Waals surface area contributed by atoms with Crippen LogP contribution in [-0.2, 0) is 13.5 Å². The van der Waals surface area contributed by atoms with Gasteiger partial charge < -0.3 is 4.57 Å². The molecule has 0 bridgehead atoms. The molecule has 0 unspecified atom stereocenters. The highest BCUT2D eigenvalue weighted by molar-refractivity contribution is 7.99. The van der Waals surface area contributed by atoms with E-state index in [0.29, 0.717) is 22.4 Å². The maximum Gasteiger partial charge on any atom is 0.109 e. The largest absolute Gasteiger partial charge is 0.326 e. The summed E-state index contributed by atoms with van der Waals surface area (Å²) in [7, 11) is 2.02. The molecule has 1 radical (unpaired) electrons. The zero-order chi connectivity index (χ0) is 14.9. The van der Waals surface area contributed by atoms with E-state index in [1.54, 1.807) is 17.8 Å². The van der Waals surface area contributed by atoms with Crippen LogP contribution >= 0.6 is 35.0 Å². The smallest absolute Gasteiger partial charge is 0.109 e. The molecule has 0 fully saturated rings. The summed E-state index contributed by atoms with van der Waals surface area (Å²) in [4.78, 5) is 5.70. The Labute approximate surface area is 134 Å². The van der Waals surface area contributed by atoms with Gasteiger partial charge >= 0.3 is 0 Å². The van der Waals surface area contributed by atoms with Crippen LogP contribution in [0.15, 0.2) is 28.1 Å². The number of rotatable bonds is 4. The molecule has 0 saturated carbocycles. The van der Waals surface area contributed by atoms with Gasteiger partial charge in [0.05, 0.1) is 5.69 Å². The summed E-state index contributed by atoms with van der Waals surface area (Å²) in [5, 5.41) is 2.41. The highest BCUT2D eigenvalue weighted by atomic mass is 35.5. The van der Waals surface area contributed by atoms with Crippen LogP contribution in [-0.4, -0.2) is 9.55 Å². The minimum Gasteiger partial charge on any atom is -0.326 e. The predicted octanol–water partition coefficient (Wildman–Crippen LogP) is 5.38. The fraction of sp³-hybridized carbons (Fsp3) is 0.333. The summed E-state index contributed by atoms with van der Waals surface area (Å²) in [5.41, 5.74) is 1.09. The minimum absolute atomic E-state index is 0.360. The number of hydrogen-bond acceptors (Lipinski definition) is 2. The van der Waals surface area contributed by atoms with Gasteiger partial charge in [-0.05, 0) is 31.0 Å². The summed E-state index contributed by atoms with van der Waals surface area (Å²) in [6.45, 7) is 8.22. The first-order valence-corrected chi connectivity index (χ1v) is 7.98. The first-order chi connectivity index (χ1) is 9.42. The molecule has 0 aliphatic carbocycles. The van der Waals surface area contributed by atoms with Crippen molar-refractivity contribution >= 4 is 35.0 Å². The summed E-state index contributed by atoms with van der Waals surface area (Å²) < 4.78 is 2.10. The van der Waals surface area contributed by atoms with Crippen LogP contribution in [0, 0.1) is 6.92 Å². The van der Waals surface area contributed by atoms with E-state index in [1.165, 1.54) is 0 Å². The number of benzene rings is 1. The average Bonchev–Trinajstić information content (AvgIpc) is 2.65. The molecular formula is C15H17Cl2N2S. The van der Waals surface area contributed by atoms with Crippen LogP contribution in [0.5, 0.6) is 0 Å². The van der Waals surface area contributed by atoms with Crippen LogP contribution in [0.2, 0.25) is 10.0 Å². The second kappa shape index (κ2) is 6.42. The van der Waals surface area contributed by atoms with Crippen molar-refractivity contribution in [2.24, 2.45) is 7.05 Å². The van der Waals surface area contributed by atoms with Gasteiger partial charge in [-0.2, -0.15) is 0 Å². The zero-order valence-electron chi connectivity index (χ0n) is 11.8.